The number of nitrogens with zero attached hydrogens (tertiary/aromatic N) is 1. The molecule has 3 atom stereocenters. The molecule has 0 amide bonds. The largest absolute Gasteiger partial charge is 0.508 e. The minimum Gasteiger partial charge on any atom is -0.508 e. The molecule has 1 aromatic carbocycles. The van der Waals surface area contributed by atoms with Gasteiger partial charge in [0.15, 0.2) is 0 Å². The molecule has 0 aliphatic carbocycles. The van der Waals surface area contributed by atoms with E-state index in [1.807, 2.05) is 6.07 Å². The fourth-order valence-corrected chi connectivity index (χ4v) is 4.00. The number of ether oxygens (including phenoxy) is 1. The van der Waals surface area contributed by atoms with Gasteiger partial charge >= 0.3 is 0 Å². The Hall–Kier alpha value is -1.26. The Bertz CT molecular complexity index is 505. The smallest absolute Gasteiger partial charge is 0.127 e. The molecule has 3 heterocycles. The molecule has 4 heteroatoms. The summed E-state index contributed by atoms with van der Waals surface area (Å²) in [5, 5.41) is 13.3. The van der Waals surface area contributed by atoms with Gasteiger partial charge in [0, 0.05) is 23.7 Å². The molecule has 3 unspecified atom stereocenters. The number of hydrogen-bond acceptors (Lipinski definition) is 4. The topological polar surface area (TPSA) is 44.7 Å². The summed E-state index contributed by atoms with van der Waals surface area (Å²) in [5.41, 5.74) is 1.19. The number of fused-ring (bicyclic) bond motifs is 2. The van der Waals surface area contributed by atoms with Gasteiger partial charge in [-0.15, -0.1) is 0 Å². The normalized spacial score (nSPS) is 32.7. The van der Waals surface area contributed by atoms with Crippen molar-refractivity contribution in [2.75, 3.05) is 19.7 Å². The number of benzene rings is 1. The second-order valence-electron chi connectivity index (χ2n) is 6.31. The first-order valence-electron chi connectivity index (χ1n) is 7.75. The van der Waals surface area contributed by atoms with E-state index in [2.05, 4.69) is 10.2 Å². The monoisotopic (exact) mass is 274 g/mol. The Balaban J connectivity index is 1.43. The summed E-state index contributed by atoms with van der Waals surface area (Å²) in [6.07, 6.45) is 5.24. The number of aromatic hydroxyl groups is 1. The first kappa shape index (κ1) is 12.5. The number of phenolic OH excluding ortho intramolecular Hbond substituents is 1. The van der Waals surface area contributed by atoms with Gasteiger partial charge in [-0.3, -0.25) is 0 Å². The number of piperidine rings is 1. The van der Waals surface area contributed by atoms with E-state index in [-0.39, 0.29) is 11.8 Å². The fourth-order valence-electron chi connectivity index (χ4n) is 4.00. The van der Waals surface area contributed by atoms with Gasteiger partial charge in [-0.2, -0.15) is 0 Å². The van der Waals surface area contributed by atoms with Gasteiger partial charge in [0.05, 0.1) is 6.04 Å². The summed E-state index contributed by atoms with van der Waals surface area (Å²) >= 11 is 0. The van der Waals surface area contributed by atoms with Crippen LogP contribution in [0.15, 0.2) is 18.2 Å². The van der Waals surface area contributed by atoms with E-state index in [9.17, 15) is 5.11 Å². The van der Waals surface area contributed by atoms with Crippen molar-refractivity contribution in [1.29, 1.82) is 0 Å². The lowest BCUT2D eigenvalue weighted by Crippen LogP contribution is -2.46. The summed E-state index contributed by atoms with van der Waals surface area (Å²) in [6.45, 7) is 3.22. The zero-order chi connectivity index (χ0) is 13.5. The van der Waals surface area contributed by atoms with Gasteiger partial charge in [0.2, 0.25) is 0 Å². The average Bonchev–Trinajstić information content (AvgIpc) is 3.05. The predicted molar refractivity (Wildman–Crippen MR) is 77.1 cm³/mol. The molecule has 3 aliphatic heterocycles. The van der Waals surface area contributed by atoms with Crippen LogP contribution >= 0.6 is 0 Å². The second-order valence-corrected chi connectivity index (χ2v) is 6.31. The number of nitrogens with one attached hydrogen (secondary N) is 1. The van der Waals surface area contributed by atoms with E-state index >= 15 is 0 Å². The highest BCUT2D eigenvalue weighted by Gasteiger charge is 2.34. The third-order valence-corrected chi connectivity index (χ3v) is 5.04. The van der Waals surface area contributed by atoms with Gasteiger partial charge in [-0.1, -0.05) is 0 Å². The van der Waals surface area contributed by atoms with E-state index < -0.39 is 0 Å². The lowest BCUT2D eigenvalue weighted by molar-refractivity contribution is 0.157. The molecule has 4 nitrogen and oxygen atoms in total. The van der Waals surface area contributed by atoms with Crippen LogP contribution in [0.4, 0.5) is 0 Å². The maximum absolute atomic E-state index is 9.50. The van der Waals surface area contributed by atoms with Crippen molar-refractivity contribution in [3.63, 3.8) is 0 Å². The average molecular weight is 274 g/mol. The Kier molecular flexibility index (Phi) is 3.08. The Morgan fingerprint density at radius 3 is 3.15 bits per heavy atom. The van der Waals surface area contributed by atoms with Crippen LogP contribution in [0, 0.1) is 0 Å². The Morgan fingerprint density at radius 2 is 2.20 bits per heavy atom. The molecule has 0 spiro atoms. The van der Waals surface area contributed by atoms with Crippen LogP contribution in [0.1, 0.15) is 37.3 Å². The highest BCUT2D eigenvalue weighted by atomic mass is 16.5. The molecule has 20 heavy (non-hydrogen) atoms. The number of hydrogen-bond donors (Lipinski definition) is 2. The van der Waals surface area contributed by atoms with E-state index in [0.29, 0.717) is 12.6 Å². The van der Waals surface area contributed by atoms with Crippen molar-refractivity contribution in [3.05, 3.63) is 23.8 Å². The van der Waals surface area contributed by atoms with Gasteiger partial charge < -0.3 is 20.1 Å². The van der Waals surface area contributed by atoms with Gasteiger partial charge in [0.25, 0.3) is 0 Å². The molecular weight excluding hydrogens is 252 g/mol. The van der Waals surface area contributed by atoms with Crippen LogP contribution in [0.3, 0.4) is 0 Å². The van der Waals surface area contributed by atoms with Crippen LogP contribution in [-0.2, 0) is 0 Å². The third-order valence-electron chi connectivity index (χ3n) is 5.04. The molecule has 0 radical (unpaired) electrons. The quantitative estimate of drug-likeness (QED) is 0.866. The Labute approximate surface area is 119 Å². The van der Waals surface area contributed by atoms with Crippen LogP contribution in [0.2, 0.25) is 0 Å². The zero-order valence-electron chi connectivity index (χ0n) is 11.7. The van der Waals surface area contributed by atoms with E-state index in [1.54, 1.807) is 12.1 Å². The van der Waals surface area contributed by atoms with Crippen molar-refractivity contribution in [1.82, 2.24) is 10.2 Å². The molecule has 108 valence electrons. The molecular formula is C16H22N2O2. The molecule has 0 bridgehead atoms. The molecule has 3 aliphatic rings. The first-order valence-corrected chi connectivity index (χ1v) is 7.75. The van der Waals surface area contributed by atoms with E-state index in [4.69, 9.17) is 4.74 Å². The van der Waals surface area contributed by atoms with Crippen molar-refractivity contribution in [2.24, 2.45) is 0 Å². The summed E-state index contributed by atoms with van der Waals surface area (Å²) in [5.74, 6) is 1.12. The highest BCUT2D eigenvalue weighted by molar-refractivity contribution is 5.44. The van der Waals surface area contributed by atoms with Crippen molar-refractivity contribution < 1.29 is 9.84 Å². The van der Waals surface area contributed by atoms with Crippen LogP contribution in [0.25, 0.3) is 0 Å². The second kappa shape index (κ2) is 4.93. The number of phenols is 1. The minimum absolute atomic E-state index is 0.281. The Morgan fingerprint density at radius 1 is 1.25 bits per heavy atom. The molecule has 2 saturated heterocycles. The van der Waals surface area contributed by atoms with Gasteiger partial charge in [-0.25, -0.2) is 0 Å². The molecule has 1 aromatic rings. The third kappa shape index (κ3) is 2.17. The van der Waals surface area contributed by atoms with Crippen molar-refractivity contribution in [2.45, 2.75) is 43.8 Å². The first-order chi connectivity index (χ1) is 9.79. The maximum atomic E-state index is 9.50. The fraction of sp³-hybridized carbons (Fsp3) is 0.625. The molecule has 0 saturated carbocycles. The molecule has 0 aromatic heterocycles. The minimum atomic E-state index is 0.281. The summed E-state index contributed by atoms with van der Waals surface area (Å²) in [6, 6.07) is 7.13. The number of rotatable bonds is 2. The highest BCUT2D eigenvalue weighted by Crippen LogP contribution is 2.36. The van der Waals surface area contributed by atoms with Crippen molar-refractivity contribution >= 4 is 0 Å². The zero-order valence-corrected chi connectivity index (χ0v) is 11.7. The molecule has 4 rings (SSSR count). The van der Waals surface area contributed by atoms with E-state index in [1.165, 1.54) is 44.3 Å². The standard InChI is InChI=1S/C16H22N2O2/c19-13-3-4-14-15(10-20-16(14)9-13)17-11-5-7-18-6-1-2-12(18)8-11/h3-4,9,11-12,15,17,19H,1-2,5-8,10H2. The molecule has 2 fully saturated rings. The van der Waals surface area contributed by atoms with Crippen LogP contribution < -0.4 is 10.1 Å². The van der Waals surface area contributed by atoms with Crippen LogP contribution in [-0.4, -0.2) is 41.8 Å². The summed E-state index contributed by atoms with van der Waals surface area (Å²) < 4.78 is 5.69. The molecule has 2 N–H and O–H groups in total. The summed E-state index contributed by atoms with van der Waals surface area (Å²) in [4.78, 5) is 2.65. The van der Waals surface area contributed by atoms with Crippen molar-refractivity contribution in [3.8, 4) is 11.5 Å². The van der Waals surface area contributed by atoms with Gasteiger partial charge in [-0.05, 0) is 50.9 Å². The van der Waals surface area contributed by atoms with E-state index in [0.717, 1.165) is 11.8 Å². The lowest BCUT2D eigenvalue weighted by Gasteiger charge is -2.36. The lowest BCUT2D eigenvalue weighted by atomic mass is 9.96. The predicted octanol–water partition coefficient (Wildman–Crippen LogP) is 2.04. The summed E-state index contributed by atoms with van der Waals surface area (Å²) in [7, 11) is 0. The van der Waals surface area contributed by atoms with Crippen LogP contribution in [0.5, 0.6) is 11.5 Å². The van der Waals surface area contributed by atoms with Gasteiger partial charge in [0.1, 0.15) is 18.1 Å². The maximum Gasteiger partial charge on any atom is 0.127 e. The SMILES string of the molecule is Oc1ccc2c(c1)OCC2NC1CCN2CCCC2C1.